The Hall–Kier alpha value is -2.55. The smallest absolute Gasteiger partial charge is 0.151 e. The van der Waals surface area contributed by atoms with Gasteiger partial charge in [0.25, 0.3) is 0 Å². The number of pyridine rings is 2. The summed E-state index contributed by atoms with van der Waals surface area (Å²) in [6.07, 6.45) is 4.15. The van der Waals surface area contributed by atoms with E-state index in [4.69, 9.17) is 0 Å². The van der Waals surface area contributed by atoms with Crippen molar-refractivity contribution in [2.75, 3.05) is 0 Å². The number of carbonyl (C=O) groups is 1. The summed E-state index contributed by atoms with van der Waals surface area (Å²) in [7, 11) is 0. The van der Waals surface area contributed by atoms with E-state index in [9.17, 15) is 4.79 Å². The molecule has 0 unspecified atom stereocenters. The molecular weight excluding hydrogens is 224 g/mol. The molecule has 2 heterocycles. The van der Waals surface area contributed by atoms with Crippen molar-refractivity contribution in [2.45, 2.75) is 0 Å². The number of benzene rings is 1. The van der Waals surface area contributed by atoms with Crippen molar-refractivity contribution in [1.29, 1.82) is 0 Å². The van der Waals surface area contributed by atoms with E-state index in [1.807, 2.05) is 36.4 Å². The Balaban J connectivity index is 2.10. The van der Waals surface area contributed by atoms with Crippen molar-refractivity contribution in [3.05, 3.63) is 60.4 Å². The fourth-order valence-corrected chi connectivity index (χ4v) is 1.86. The zero-order valence-corrected chi connectivity index (χ0v) is 9.58. The fraction of sp³-hybridized carbons (Fsp3) is 0. The lowest BCUT2D eigenvalue weighted by atomic mass is 10.1. The Bertz CT molecular complexity index is 705. The van der Waals surface area contributed by atoms with Gasteiger partial charge in [-0.05, 0) is 24.3 Å². The van der Waals surface area contributed by atoms with Crippen LogP contribution in [0.2, 0.25) is 0 Å². The Morgan fingerprint density at radius 3 is 2.61 bits per heavy atom. The van der Waals surface area contributed by atoms with Crippen molar-refractivity contribution >= 4 is 17.2 Å². The zero-order valence-electron chi connectivity index (χ0n) is 9.58. The third-order valence-electron chi connectivity index (χ3n) is 2.81. The second-order valence-electron chi connectivity index (χ2n) is 4.01. The molecule has 0 N–H and O–H groups in total. The van der Waals surface area contributed by atoms with Crippen LogP contribution in [0.5, 0.6) is 0 Å². The highest BCUT2D eigenvalue weighted by molar-refractivity contribution is 5.83. The zero-order chi connectivity index (χ0) is 12.4. The molecule has 3 heteroatoms. The number of aromatic nitrogens is 2. The first-order valence-electron chi connectivity index (χ1n) is 5.63. The molecule has 0 atom stereocenters. The van der Waals surface area contributed by atoms with Gasteiger partial charge in [0.15, 0.2) is 6.29 Å². The number of aldehydes is 1. The van der Waals surface area contributed by atoms with Gasteiger partial charge in [0.05, 0.1) is 11.2 Å². The summed E-state index contributed by atoms with van der Waals surface area (Å²) in [6.45, 7) is 0. The lowest BCUT2D eigenvalue weighted by Crippen LogP contribution is -1.88. The molecule has 2 aromatic heterocycles. The monoisotopic (exact) mass is 234 g/mol. The number of hydrogen-bond donors (Lipinski definition) is 0. The number of fused-ring (bicyclic) bond motifs is 1. The van der Waals surface area contributed by atoms with Crippen LogP contribution in [0.25, 0.3) is 22.2 Å². The quantitative estimate of drug-likeness (QED) is 0.640. The van der Waals surface area contributed by atoms with Crippen molar-refractivity contribution in [3.63, 3.8) is 0 Å². The van der Waals surface area contributed by atoms with E-state index < -0.39 is 0 Å². The molecule has 0 saturated carbocycles. The van der Waals surface area contributed by atoms with Crippen molar-refractivity contribution in [2.24, 2.45) is 0 Å². The number of nitrogens with zero attached hydrogens (tertiary/aromatic N) is 2. The number of carbonyl (C=O) groups excluding carboxylic acids is 1. The fourth-order valence-electron chi connectivity index (χ4n) is 1.86. The van der Waals surface area contributed by atoms with Gasteiger partial charge in [0.2, 0.25) is 0 Å². The second-order valence-corrected chi connectivity index (χ2v) is 4.01. The van der Waals surface area contributed by atoms with E-state index in [-0.39, 0.29) is 0 Å². The predicted molar refractivity (Wildman–Crippen MR) is 70.4 cm³/mol. The minimum atomic E-state index is 0.576. The van der Waals surface area contributed by atoms with E-state index in [2.05, 4.69) is 9.97 Å². The molecule has 0 spiro atoms. The number of para-hydroxylation sites is 1. The lowest BCUT2D eigenvalue weighted by Gasteiger charge is -2.02. The molecule has 0 aliphatic rings. The standard InChI is InChI=1S/C15H10N2O/c18-10-11-5-6-15(16-8-11)13-7-12-3-1-2-4-14(12)17-9-13/h1-10H. The number of hydrogen-bond acceptors (Lipinski definition) is 3. The highest BCUT2D eigenvalue weighted by Gasteiger charge is 2.02. The summed E-state index contributed by atoms with van der Waals surface area (Å²) < 4.78 is 0. The first-order chi connectivity index (χ1) is 8.86. The highest BCUT2D eigenvalue weighted by atomic mass is 16.1. The van der Waals surface area contributed by atoms with E-state index >= 15 is 0 Å². The van der Waals surface area contributed by atoms with Crippen LogP contribution < -0.4 is 0 Å². The molecule has 86 valence electrons. The maximum absolute atomic E-state index is 10.6. The van der Waals surface area contributed by atoms with Gasteiger partial charge in [0, 0.05) is 28.9 Å². The Labute approximate surface area is 104 Å². The van der Waals surface area contributed by atoms with Crippen molar-refractivity contribution < 1.29 is 4.79 Å². The van der Waals surface area contributed by atoms with E-state index in [0.29, 0.717) is 5.56 Å². The summed E-state index contributed by atoms with van der Waals surface area (Å²) in [4.78, 5) is 19.2. The molecule has 3 aromatic rings. The molecule has 0 fully saturated rings. The summed E-state index contributed by atoms with van der Waals surface area (Å²) in [5, 5.41) is 1.08. The van der Waals surface area contributed by atoms with Crippen LogP contribution in [0.1, 0.15) is 10.4 Å². The van der Waals surface area contributed by atoms with E-state index in [1.165, 1.54) is 0 Å². The van der Waals surface area contributed by atoms with Crippen LogP contribution >= 0.6 is 0 Å². The van der Waals surface area contributed by atoms with Crippen LogP contribution in [0, 0.1) is 0 Å². The van der Waals surface area contributed by atoms with Gasteiger partial charge in [-0.1, -0.05) is 18.2 Å². The normalized spacial score (nSPS) is 10.4. The average Bonchev–Trinajstić information content (AvgIpc) is 2.47. The van der Waals surface area contributed by atoms with Crippen LogP contribution in [-0.4, -0.2) is 16.3 Å². The van der Waals surface area contributed by atoms with E-state index in [1.54, 1.807) is 18.5 Å². The maximum atomic E-state index is 10.6. The summed E-state index contributed by atoms with van der Waals surface area (Å²) in [6, 6.07) is 13.6. The largest absolute Gasteiger partial charge is 0.298 e. The predicted octanol–water partition coefficient (Wildman–Crippen LogP) is 3.11. The average molecular weight is 234 g/mol. The van der Waals surface area contributed by atoms with Gasteiger partial charge in [-0.2, -0.15) is 0 Å². The first-order valence-corrected chi connectivity index (χ1v) is 5.63. The molecule has 3 rings (SSSR count). The lowest BCUT2D eigenvalue weighted by molar-refractivity contribution is 0.112. The maximum Gasteiger partial charge on any atom is 0.151 e. The van der Waals surface area contributed by atoms with Crippen LogP contribution in [0.15, 0.2) is 54.9 Å². The Morgan fingerprint density at radius 2 is 1.83 bits per heavy atom. The van der Waals surface area contributed by atoms with Crippen LogP contribution in [-0.2, 0) is 0 Å². The SMILES string of the molecule is O=Cc1ccc(-c2cnc3ccccc3c2)nc1. The molecular formula is C15H10N2O. The van der Waals surface area contributed by atoms with Crippen molar-refractivity contribution in [1.82, 2.24) is 9.97 Å². The number of rotatable bonds is 2. The van der Waals surface area contributed by atoms with E-state index in [0.717, 1.165) is 28.4 Å². The molecule has 0 saturated heterocycles. The highest BCUT2D eigenvalue weighted by Crippen LogP contribution is 2.20. The van der Waals surface area contributed by atoms with Gasteiger partial charge >= 0.3 is 0 Å². The van der Waals surface area contributed by atoms with Gasteiger partial charge in [-0.3, -0.25) is 14.8 Å². The first kappa shape index (κ1) is 10.6. The third kappa shape index (κ3) is 1.86. The molecule has 1 aromatic carbocycles. The van der Waals surface area contributed by atoms with Crippen LogP contribution in [0.3, 0.4) is 0 Å². The molecule has 0 bridgehead atoms. The van der Waals surface area contributed by atoms with Crippen LogP contribution in [0.4, 0.5) is 0 Å². The van der Waals surface area contributed by atoms with Gasteiger partial charge < -0.3 is 0 Å². The molecule has 0 radical (unpaired) electrons. The summed E-state index contributed by atoms with van der Waals surface area (Å²) >= 11 is 0. The van der Waals surface area contributed by atoms with Gasteiger partial charge in [-0.15, -0.1) is 0 Å². The van der Waals surface area contributed by atoms with Gasteiger partial charge in [0.1, 0.15) is 0 Å². The minimum absolute atomic E-state index is 0.576. The third-order valence-corrected chi connectivity index (χ3v) is 2.81. The second kappa shape index (κ2) is 4.37. The molecule has 0 aliphatic carbocycles. The topological polar surface area (TPSA) is 42.9 Å². The Kier molecular flexibility index (Phi) is 2.57. The summed E-state index contributed by atoms with van der Waals surface area (Å²) in [5.74, 6) is 0. The van der Waals surface area contributed by atoms with Gasteiger partial charge in [-0.25, -0.2) is 0 Å². The molecule has 0 amide bonds. The molecule has 18 heavy (non-hydrogen) atoms. The molecule has 0 aliphatic heterocycles. The Morgan fingerprint density at radius 1 is 0.944 bits per heavy atom. The minimum Gasteiger partial charge on any atom is -0.298 e. The van der Waals surface area contributed by atoms with Crippen molar-refractivity contribution in [3.8, 4) is 11.3 Å². The molecule has 3 nitrogen and oxygen atoms in total. The summed E-state index contributed by atoms with van der Waals surface area (Å²) in [5.41, 5.74) is 3.31.